The van der Waals surface area contributed by atoms with Crippen molar-refractivity contribution in [2.45, 2.75) is 43.9 Å². The van der Waals surface area contributed by atoms with Crippen LogP contribution < -0.4 is 5.32 Å². The number of rotatable bonds is 6. The van der Waals surface area contributed by atoms with Gasteiger partial charge in [-0.05, 0) is 42.5 Å². The topological polar surface area (TPSA) is 92.3 Å². The zero-order valence-electron chi connectivity index (χ0n) is 18.1. The smallest absolute Gasteiger partial charge is 0.257 e. The maximum atomic E-state index is 12.9. The summed E-state index contributed by atoms with van der Waals surface area (Å²) >= 11 is 1.28. The number of piperidine rings is 1. The average molecular weight is 471 g/mol. The first kappa shape index (κ1) is 22.6. The van der Waals surface area contributed by atoms with Gasteiger partial charge in [0.1, 0.15) is 5.01 Å². The minimum Gasteiger partial charge on any atom is -0.296 e. The van der Waals surface area contributed by atoms with Crippen LogP contribution in [0.4, 0.5) is 5.13 Å². The highest BCUT2D eigenvalue weighted by Crippen LogP contribution is 2.28. The molecule has 0 atom stereocenters. The zero-order valence-corrected chi connectivity index (χ0v) is 19.7. The van der Waals surface area contributed by atoms with Crippen molar-refractivity contribution >= 4 is 32.4 Å². The van der Waals surface area contributed by atoms with Gasteiger partial charge in [-0.2, -0.15) is 4.31 Å². The Morgan fingerprint density at radius 1 is 1.03 bits per heavy atom. The van der Waals surface area contributed by atoms with Crippen molar-refractivity contribution < 1.29 is 13.2 Å². The fourth-order valence-electron chi connectivity index (χ4n) is 3.62. The van der Waals surface area contributed by atoms with E-state index in [1.165, 1.54) is 33.3 Å². The van der Waals surface area contributed by atoms with Crippen molar-refractivity contribution in [3.8, 4) is 10.6 Å². The summed E-state index contributed by atoms with van der Waals surface area (Å²) in [6.45, 7) is 5.32. The summed E-state index contributed by atoms with van der Waals surface area (Å²) in [6, 6.07) is 14.3. The fourth-order valence-corrected chi connectivity index (χ4v) is 5.93. The number of hydrogen-bond acceptors (Lipinski definition) is 6. The number of carbonyl (C=O) groups excluding carboxylic acids is 1. The van der Waals surface area contributed by atoms with Crippen molar-refractivity contribution in [2.75, 3.05) is 18.4 Å². The Hall–Kier alpha value is -2.62. The van der Waals surface area contributed by atoms with Crippen LogP contribution in [0, 0.1) is 0 Å². The molecule has 1 saturated heterocycles. The van der Waals surface area contributed by atoms with E-state index in [-0.39, 0.29) is 10.5 Å². The highest BCUT2D eigenvalue weighted by atomic mass is 32.2. The minimum atomic E-state index is -3.60. The molecule has 0 aliphatic carbocycles. The van der Waals surface area contributed by atoms with E-state index in [0.29, 0.717) is 29.1 Å². The molecule has 2 aromatic carbocycles. The Labute approximate surface area is 192 Å². The third kappa shape index (κ3) is 4.90. The van der Waals surface area contributed by atoms with Crippen LogP contribution in [0.2, 0.25) is 0 Å². The molecule has 0 bridgehead atoms. The Kier molecular flexibility index (Phi) is 6.68. The molecule has 1 fully saturated rings. The Bertz CT molecular complexity index is 1200. The van der Waals surface area contributed by atoms with Crippen molar-refractivity contribution in [3.05, 3.63) is 59.7 Å². The van der Waals surface area contributed by atoms with Crippen LogP contribution in [0.1, 0.15) is 54.9 Å². The molecule has 1 aliphatic rings. The number of nitrogens with zero attached hydrogens (tertiary/aromatic N) is 3. The second-order valence-corrected chi connectivity index (χ2v) is 11.1. The van der Waals surface area contributed by atoms with Crippen LogP contribution in [0.3, 0.4) is 0 Å². The summed E-state index contributed by atoms with van der Waals surface area (Å²) in [4.78, 5) is 12.9. The zero-order chi connectivity index (χ0) is 22.7. The second kappa shape index (κ2) is 9.48. The van der Waals surface area contributed by atoms with Gasteiger partial charge in [-0.1, -0.05) is 61.9 Å². The van der Waals surface area contributed by atoms with Gasteiger partial charge in [0.05, 0.1) is 4.90 Å². The first-order valence-corrected chi connectivity index (χ1v) is 13.0. The lowest BCUT2D eigenvalue weighted by Crippen LogP contribution is -2.35. The summed E-state index contributed by atoms with van der Waals surface area (Å²) in [5.41, 5.74) is 2.44. The fraction of sp³-hybridized carbons (Fsp3) is 0.348. The van der Waals surface area contributed by atoms with Gasteiger partial charge >= 0.3 is 0 Å². The number of nitrogens with one attached hydrogen (secondary N) is 1. The van der Waals surface area contributed by atoms with Gasteiger partial charge < -0.3 is 0 Å². The van der Waals surface area contributed by atoms with E-state index in [1.54, 1.807) is 12.1 Å². The molecular weight excluding hydrogens is 444 g/mol. The monoisotopic (exact) mass is 470 g/mol. The molecule has 32 heavy (non-hydrogen) atoms. The average Bonchev–Trinajstić information content (AvgIpc) is 3.28. The minimum absolute atomic E-state index is 0.134. The van der Waals surface area contributed by atoms with Crippen LogP contribution in [-0.2, 0) is 10.0 Å². The predicted octanol–water partition coefficient (Wildman–Crippen LogP) is 4.76. The van der Waals surface area contributed by atoms with Crippen molar-refractivity contribution in [1.82, 2.24) is 14.5 Å². The Morgan fingerprint density at radius 2 is 1.75 bits per heavy atom. The second-order valence-electron chi connectivity index (χ2n) is 8.14. The van der Waals surface area contributed by atoms with Gasteiger partial charge in [0.25, 0.3) is 5.91 Å². The number of hydrogen-bond donors (Lipinski definition) is 1. The molecule has 2 heterocycles. The van der Waals surface area contributed by atoms with E-state index in [0.717, 1.165) is 24.8 Å². The van der Waals surface area contributed by atoms with Gasteiger partial charge in [-0.25, -0.2) is 8.42 Å². The number of carbonyl (C=O) groups is 1. The maximum Gasteiger partial charge on any atom is 0.257 e. The summed E-state index contributed by atoms with van der Waals surface area (Å²) in [5, 5.41) is 12.0. The van der Waals surface area contributed by atoms with E-state index in [4.69, 9.17) is 0 Å². The SMILES string of the molecule is CC(C)c1ccc(-c2nnc(NC(=O)c3cccc(S(=O)(=O)N4CCCCC4)c3)s2)cc1. The lowest BCUT2D eigenvalue weighted by molar-refractivity contribution is 0.102. The third-order valence-electron chi connectivity index (χ3n) is 5.52. The molecule has 0 radical (unpaired) electrons. The van der Waals surface area contributed by atoms with Crippen molar-refractivity contribution in [3.63, 3.8) is 0 Å². The molecular formula is C23H26N4O3S2. The number of amides is 1. The quantitative estimate of drug-likeness (QED) is 0.561. The highest BCUT2D eigenvalue weighted by molar-refractivity contribution is 7.89. The van der Waals surface area contributed by atoms with Crippen LogP contribution >= 0.6 is 11.3 Å². The van der Waals surface area contributed by atoms with E-state index in [9.17, 15) is 13.2 Å². The van der Waals surface area contributed by atoms with Crippen molar-refractivity contribution in [2.24, 2.45) is 0 Å². The van der Waals surface area contributed by atoms with Crippen LogP contribution in [-0.4, -0.2) is 41.9 Å². The van der Waals surface area contributed by atoms with Gasteiger partial charge in [0.15, 0.2) is 0 Å². The summed E-state index contributed by atoms with van der Waals surface area (Å²) in [7, 11) is -3.60. The van der Waals surface area contributed by atoms with Crippen LogP contribution in [0.25, 0.3) is 10.6 Å². The normalized spacial score (nSPS) is 15.1. The lowest BCUT2D eigenvalue weighted by atomic mass is 10.0. The molecule has 9 heteroatoms. The van der Waals surface area contributed by atoms with Crippen molar-refractivity contribution in [1.29, 1.82) is 0 Å². The van der Waals surface area contributed by atoms with Gasteiger partial charge in [-0.15, -0.1) is 10.2 Å². The molecule has 7 nitrogen and oxygen atoms in total. The van der Waals surface area contributed by atoms with E-state index >= 15 is 0 Å². The molecule has 0 saturated carbocycles. The molecule has 1 N–H and O–H groups in total. The number of sulfonamides is 1. The molecule has 0 unspecified atom stereocenters. The largest absolute Gasteiger partial charge is 0.296 e. The molecule has 168 valence electrons. The third-order valence-corrected chi connectivity index (χ3v) is 8.30. The Balaban J connectivity index is 1.48. The Morgan fingerprint density at radius 3 is 2.44 bits per heavy atom. The summed E-state index contributed by atoms with van der Waals surface area (Å²) in [6.07, 6.45) is 2.76. The first-order valence-electron chi connectivity index (χ1n) is 10.7. The van der Waals surface area contributed by atoms with E-state index in [1.807, 2.05) is 12.1 Å². The summed E-state index contributed by atoms with van der Waals surface area (Å²) < 4.78 is 27.3. The van der Waals surface area contributed by atoms with Gasteiger partial charge in [0, 0.05) is 24.2 Å². The van der Waals surface area contributed by atoms with Crippen LogP contribution in [0.15, 0.2) is 53.4 Å². The molecule has 3 aromatic rings. The van der Waals surface area contributed by atoms with Gasteiger partial charge in [0.2, 0.25) is 15.2 Å². The summed E-state index contributed by atoms with van der Waals surface area (Å²) in [5.74, 6) is 0.0290. The van der Waals surface area contributed by atoms with E-state index < -0.39 is 15.9 Å². The number of aromatic nitrogens is 2. The van der Waals surface area contributed by atoms with Crippen LogP contribution in [0.5, 0.6) is 0 Å². The number of anilines is 1. The molecule has 1 amide bonds. The molecule has 1 aliphatic heterocycles. The molecule has 0 spiro atoms. The standard InChI is InChI=1S/C23H26N4O3S2/c1-16(2)17-9-11-18(12-10-17)22-25-26-23(31-22)24-21(28)19-7-6-8-20(15-19)32(29,30)27-13-4-3-5-14-27/h6-12,15-16H,3-5,13-14H2,1-2H3,(H,24,26,28). The molecule has 4 rings (SSSR count). The van der Waals surface area contributed by atoms with Gasteiger partial charge in [-0.3, -0.25) is 10.1 Å². The highest BCUT2D eigenvalue weighted by Gasteiger charge is 2.26. The number of benzene rings is 2. The lowest BCUT2D eigenvalue weighted by Gasteiger charge is -2.26. The maximum absolute atomic E-state index is 12.9. The van der Waals surface area contributed by atoms with E-state index in [2.05, 4.69) is 41.5 Å². The molecule has 1 aromatic heterocycles. The predicted molar refractivity (Wildman–Crippen MR) is 126 cm³/mol. The first-order chi connectivity index (χ1) is 15.3.